The van der Waals surface area contributed by atoms with Gasteiger partial charge in [-0.05, 0) is 52.2 Å². The van der Waals surface area contributed by atoms with Crippen LogP contribution in [0.2, 0.25) is 5.02 Å². The molecule has 5 nitrogen and oxygen atoms in total. The first-order valence-electron chi connectivity index (χ1n) is 7.63. The Hall–Kier alpha value is -0.910. The van der Waals surface area contributed by atoms with E-state index in [0.717, 1.165) is 38.8 Å². The molecule has 1 saturated carbocycles. The second-order valence-electron chi connectivity index (χ2n) is 6.19. The van der Waals surface area contributed by atoms with Gasteiger partial charge in [-0.2, -0.15) is 5.10 Å². The molecule has 1 aromatic rings. The number of hydrogen-bond acceptors (Lipinski definition) is 4. The molecule has 21 heavy (non-hydrogen) atoms. The fourth-order valence-electron chi connectivity index (χ4n) is 2.93. The van der Waals surface area contributed by atoms with Crippen LogP contribution in [0, 0.1) is 11.8 Å². The molecule has 1 aromatic heterocycles. The first-order chi connectivity index (χ1) is 10.0. The average Bonchev–Trinajstić information content (AvgIpc) is 2.85. The van der Waals surface area contributed by atoms with Gasteiger partial charge in [0.1, 0.15) is 5.69 Å². The lowest BCUT2D eigenvalue weighted by atomic mass is 9.79. The number of nitrogens with two attached hydrogens (primary N) is 1. The topological polar surface area (TPSA) is 64.2 Å². The zero-order chi connectivity index (χ0) is 15.4. The van der Waals surface area contributed by atoms with Crippen molar-refractivity contribution in [2.45, 2.75) is 32.2 Å². The van der Waals surface area contributed by atoms with Gasteiger partial charge in [0.2, 0.25) is 0 Å². The van der Waals surface area contributed by atoms with Crippen molar-refractivity contribution in [1.82, 2.24) is 14.7 Å². The maximum Gasteiger partial charge on any atom is 0.185 e. The Morgan fingerprint density at radius 1 is 1.43 bits per heavy atom. The van der Waals surface area contributed by atoms with E-state index in [1.807, 2.05) is 14.1 Å². The number of rotatable bonds is 6. The van der Waals surface area contributed by atoms with Gasteiger partial charge >= 0.3 is 0 Å². The Kier molecular flexibility index (Phi) is 5.79. The van der Waals surface area contributed by atoms with Crippen LogP contribution in [-0.2, 0) is 6.54 Å². The van der Waals surface area contributed by atoms with E-state index in [1.54, 1.807) is 10.9 Å². The lowest BCUT2D eigenvalue weighted by Gasteiger charge is -2.26. The number of Topliss-reactive ketones (excluding diaryl/α,β-unsaturated/α-hetero) is 1. The quantitative estimate of drug-likeness (QED) is 0.817. The standard InChI is InChI=1S/C15H25ClN4O/c1-19(2)7-8-20-14(13(16)10-18-20)15(21)12-5-3-11(9-17)4-6-12/h10-12H,3-9,17H2,1-2H3. The van der Waals surface area contributed by atoms with Crippen molar-refractivity contribution in [2.24, 2.45) is 17.6 Å². The molecular formula is C15H25ClN4O. The number of carbonyl (C=O) groups is 1. The van der Waals surface area contributed by atoms with Crippen LogP contribution >= 0.6 is 11.6 Å². The summed E-state index contributed by atoms with van der Waals surface area (Å²) >= 11 is 6.19. The molecule has 0 spiro atoms. The number of likely N-dealkylation sites (N-methyl/N-ethyl adjacent to an activating group) is 1. The summed E-state index contributed by atoms with van der Waals surface area (Å²) in [5, 5.41) is 4.72. The third-order valence-corrected chi connectivity index (χ3v) is 4.61. The van der Waals surface area contributed by atoms with E-state index in [-0.39, 0.29) is 11.7 Å². The molecule has 0 aliphatic heterocycles. The minimum absolute atomic E-state index is 0.0695. The van der Waals surface area contributed by atoms with Crippen LogP contribution in [0.1, 0.15) is 36.2 Å². The summed E-state index contributed by atoms with van der Waals surface area (Å²) in [6, 6.07) is 0. The normalized spacial score (nSPS) is 22.7. The Labute approximate surface area is 131 Å². The molecule has 0 amide bonds. The Balaban J connectivity index is 2.06. The molecule has 1 aliphatic carbocycles. The van der Waals surface area contributed by atoms with Crippen LogP contribution in [0.3, 0.4) is 0 Å². The zero-order valence-electron chi connectivity index (χ0n) is 12.9. The third-order valence-electron chi connectivity index (χ3n) is 4.34. The molecule has 0 radical (unpaired) electrons. The summed E-state index contributed by atoms with van der Waals surface area (Å²) in [5.41, 5.74) is 6.29. The van der Waals surface area contributed by atoms with E-state index in [4.69, 9.17) is 17.3 Å². The second kappa shape index (κ2) is 7.38. The molecule has 0 aromatic carbocycles. The number of nitrogens with zero attached hydrogens (tertiary/aromatic N) is 3. The van der Waals surface area contributed by atoms with E-state index in [1.165, 1.54) is 0 Å². The van der Waals surface area contributed by atoms with E-state index < -0.39 is 0 Å². The number of halogens is 1. The zero-order valence-corrected chi connectivity index (χ0v) is 13.6. The highest BCUT2D eigenvalue weighted by Gasteiger charge is 2.29. The number of carbonyl (C=O) groups excluding carboxylic acids is 1. The van der Waals surface area contributed by atoms with Crippen molar-refractivity contribution in [2.75, 3.05) is 27.2 Å². The van der Waals surface area contributed by atoms with E-state index in [0.29, 0.717) is 23.2 Å². The van der Waals surface area contributed by atoms with E-state index in [9.17, 15) is 4.79 Å². The molecule has 1 fully saturated rings. The highest BCUT2D eigenvalue weighted by molar-refractivity contribution is 6.33. The van der Waals surface area contributed by atoms with Crippen molar-refractivity contribution in [3.63, 3.8) is 0 Å². The van der Waals surface area contributed by atoms with Gasteiger partial charge in [0.25, 0.3) is 0 Å². The van der Waals surface area contributed by atoms with Crippen LogP contribution < -0.4 is 5.73 Å². The van der Waals surface area contributed by atoms with Gasteiger partial charge in [0.05, 0.1) is 17.8 Å². The smallest absolute Gasteiger partial charge is 0.185 e. The highest BCUT2D eigenvalue weighted by atomic mass is 35.5. The van der Waals surface area contributed by atoms with Gasteiger partial charge in [0.15, 0.2) is 5.78 Å². The first-order valence-corrected chi connectivity index (χ1v) is 8.01. The van der Waals surface area contributed by atoms with Gasteiger partial charge in [-0.1, -0.05) is 11.6 Å². The summed E-state index contributed by atoms with van der Waals surface area (Å²) in [6.07, 6.45) is 5.48. The average molecular weight is 313 g/mol. The van der Waals surface area contributed by atoms with Crippen molar-refractivity contribution >= 4 is 17.4 Å². The summed E-state index contributed by atoms with van der Waals surface area (Å²) in [5.74, 6) is 0.787. The fraction of sp³-hybridized carbons (Fsp3) is 0.733. The maximum absolute atomic E-state index is 12.8. The predicted molar refractivity (Wildman–Crippen MR) is 84.6 cm³/mol. The minimum Gasteiger partial charge on any atom is -0.330 e. The van der Waals surface area contributed by atoms with E-state index >= 15 is 0 Å². The molecule has 0 bridgehead atoms. The summed E-state index contributed by atoms with van der Waals surface area (Å²) in [4.78, 5) is 14.8. The molecule has 0 saturated heterocycles. The molecular weight excluding hydrogens is 288 g/mol. The highest BCUT2D eigenvalue weighted by Crippen LogP contribution is 2.32. The lowest BCUT2D eigenvalue weighted by Crippen LogP contribution is -2.28. The van der Waals surface area contributed by atoms with Crippen LogP contribution in [0.15, 0.2) is 6.20 Å². The summed E-state index contributed by atoms with van der Waals surface area (Å²) in [7, 11) is 4.00. The maximum atomic E-state index is 12.8. The second-order valence-corrected chi connectivity index (χ2v) is 6.59. The molecule has 0 unspecified atom stereocenters. The SMILES string of the molecule is CN(C)CCn1ncc(Cl)c1C(=O)C1CCC(CN)CC1. The van der Waals surface area contributed by atoms with Crippen LogP contribution in [0.5, 0.6) is 0 Å². The molecule has 1 aliphatic rings. The Morgan fingerprint density at radius 2 is 2.10 bits per heavy atom. The Morgan fingerprint density at radius 3 is 2.67 bits per heavy atom. The molecule has 6 heteroatoms. The molecule has 0 atom stereocenters. The minimum atomic E-state index is 0.0695. The van der Waals surface area contributed by atoms with Crippen LogP contribution in [0.25, 0.3) is 0 Å². The van der Waals surface area contributed by atoms with Gasteiger partial charge < -0.3 is 10.6 Å². The lowest BCUT2D eigenvalue weighted by molar-refractivity contribution is 0.0861. The predicted octanol–water partition coefficient (Wildman–Crippen LogP) is 2.05. The summed E-state index contributed by atoms with van der Waals surface area (Å²) < 4.78 is 1.75. The number of ketones is 1. The fourth-order valence-corrected chi connectivity index (χ4v) is 3.16. The number of hydrogen-bond donors (Lipinski definition) is 1. The largest absolute Gasteiger partial charge is 0.330 e. The van der Waals surface area contributed by atoms with Crippen LogP contribution in [0.4, 0.5) is 0 Å². The van der Waals surface area contributed by atoms with Gasteiger partial charge in [0, 0.05) is 12.5 Å². The van der Waals surface area contributed by atoms with Gasteiger partial charge in [-0.25, -0.2) is 0 Å². The summed E-state index contributed by atoms with van der Waals surface area (Å²) in [6.45, 7) is 2.24. The van der Waals surface area contributed by atoms with E-state index in [2.05, 4.69) is 10.00 Å². The van der Waals surface area contributed by atoms with Crippen LogP contribution in [-0.4, -0.2) is 47.6 Å². The van der Waals surface area contributed by atoms with Crippen molar-refractivity contribution < 1.29 is 4.79 Å². The van der Waals surface area contributed by atoms with Gasteiger partial charge in [-0.15, -0.1) is 0 Å². The molecule has 2 N–H and O–H groups in total. The van der Waals surface area contributed by atoms with Crippen molar-refractivity contribution in [3.05, 3.63) is 16.9 Å². The molecule has 1 heterocycles. The monoisotopic (exact) mass is 312 g/mol. The first kappa shape index (κ1) is 16.5. The third kappa shape index (κ3) is 4.05. The number of aromatic nitrogens is 2. The Bertz CT molecular complexity index is 478. The molecule has 118 valence electrons. The molecule has 2 rings (SSSR count). The van der Waals surface area contributed by atoms with Crippen molar-refractivity contribution in [1.29, 1.82) is 0 Å². The van der Waals surface area contributed by atoms with Gasteiger partial charge in [-0.3, -0.25) is 9.48 Å². The van der Waals surface area contributed by atoms with Crippen molar-refractivity contribution in [3.8, 4) is 0 Å².